The SMILES string of the molecule is COC(=O)/C(C)=C/c1ccc(S(=O)(=O)/C(=C/C#N)c2cc(C(C)(C)C)c(O)c(C(C)(C)C)c2)cc1. The van der Waals surface area contributed by atoms with E-state index in [1.54, 1.807) is 37.3 Å². The van der Waals surface area contributed by atoms with Crippen LogP contribution in [0.15, 0.2) is 52.9 Å². The summed E-state index contributed by atoms with van der Waals surface area (Å²) in [6.45, 7) is 13.2. The second-order valence-electron chi connectivity index (χ2n) is 10.4. The number of hydrogen-bond donors (Lipinski definition) is 1. The smallest absolute Gasteiger partial charge is 0.333 e. The molecule has 0 aliphatic carbocycles. The number of hydrogen-bond acceptors (Lipinski definition) is 6. The molecule has 0 bridgehead atoms. The van der Waals surface area contributed by atoms with E-state index < -0.39 is 26.6 Å². The molecule has 2 rings (SSSR count). The van der Waals surface area contributed by atoms with Crippen LogP contribution in [0.4, 0.5) is 0 Å². The fourth-order valence-corrected chi connectivity index (χ4v) is 5.02. The quantitative estimate of drug-likeness (QED) is 0.314. The second-order valence-corrected chi connectivity index (χ2v) is 12.4. The van der Waals surface area contributed by atoms with E-state index in [1.807, 2.05) is 47.6 Å². The first-order chi connectivity index (χ1) is 16.0. The lowest BCUT2D eigenvalue weighted by Gasteiger charge is -2.28. The lowest BCUT2D eigenvalue weighted by atomic mass is 9.78. The molecule has 2 aromatic rings. The standard InChI is InChI=1S/C28H33NO5S/c1-18(26(31)34-8)15-19-9-11-21(12-10-19)35(32,33)24(13-14-29)20-16-22(27(2,3)4)25(30)23(17-20)28(5,6)7/h9-13,15-17,30H,1-8H3/b18-15+,24-13+. The molecule has 0 aliphatic rings. The largest absolute Gasteiger partial charge is 0.507 e. The number of nitriles is 1. The zero-order valence-electron chi connectivity index (χ0n) is 21.6. The van der Waals surface area contributed by atoms with Crippen molar-refractivity contribution in [1.82, 2.24) is 0 Å². The average molecular weight is 496 g/mol. The summed E-state index contributed by atoms with van der Waals surface area (Å²) < 4.78 is 32.0. The van der Waals surface area contributed by atoms with Crippen molar-refractivity contribution < 1.29 is 23.1 Å². The molecule has 0 heterocycles. The number of ether oxygens (including phenoxy) is 1. The van der Waals surface area contributed by atoms with E-state index in [9.17, 15) is 23.6 Å². The highest BCUT2D eigenvalue weighted by Gasteiger charge is 2.30. The third-order valence-corrected chi connectivity index (χ3v) is 7.40. The van der Waals surface area contributed by atoms with Crippen LogP contribution in [0.1, 0.15) is 70.7 Å². The minimum absolute atomic E-state index is 0.00886. The third-order valence-electron chi connectivity index (χ3n) is 5.58. The van der Waals surface area contributed by atoms with Gasteiger partial charge in [0, 0.05) is 22.8 Å². The topological polar surface area (TPSA) is 104 Å². The van der Waals surface area contributed by atoms with Crippen LogP contribution in [0, 0.1) is 11.3 Å². The van der Waals surface area contributed by atoms with Crippen LogP contribution in [-0.4, -0.2) is 26.6 Å². The highest BCUT2D eigenvalue weighted by atomic mass is 32.2. The number of rotatable bonds is 5. The highest BCUT2D eigenvalue weighted by molar-refractivity contribution is 8.00. The van der Waals surface area contributed by atoms with Gasteiger partial charge in [0.2, 0.25) is 9.84 Å². The number of aromatic hydroxyl groups is 1. The zero-order valence-corrected chi connectivity index (χ0v) is 22.4. The molecule has 0 fully saturated rings. The van der Waals surface area contributed by atoms with Gasteiger partial charge in [0.1, 0.15) is 5.75 Å². The Bertz CT molecular complexity index is 1290. The van der Waals surface area contributed by atoms with Crippen LogP contribution in [0.5, 0.6) is 5.75 Å². The Hall–Kier alpha value is -3.37. The maximum atomic E-state index is 13.6. The minimum atomic E-state index is -4.08. The molecule has 186 valence electrons. The molecule has 0 amide bonds. The molecule has 35 heavy (non-hydrogen) atoms. The molecule has 7 heteroatoms. The van der Waals surface area contributed by atoms with Crippen molar-refractivity contribution in [2.75, 3.05) is 7.11 Å². The minimum Gasteiger partial charge on any atom is -0.507 e. The van der Waals surface area contributed by atoms with E-state index in [4.69, 9.17) is 0 Å². The first-order valence-electron chi connectivity index (χ1n) is 11.1. The van der Waals surface area contributed by atoms with Gasteiger partial charge in [-0.05, 0) is 59.2 Å². The highest BCUT2D eigenvalue weighted by Crippen LogP contribution is 2.42. The summed E-state index contributed by atoms with van der Waals surface area (Å²) in [5.74, 6) is -0.350. The summed E-state index contributed by atoms with van der Waals surface area (Å²) in [7, 11) is -2.79. The van der Waals surface area contributed by atoms with Gasteiger partial charge in [0.15, 0.2) is 0 Å². The van der Waals surface area contributed by atoms with Crippen molar-refractivity contribution in [3.8, 4) is 11.8 Å². The molecular formula is C28H33NO5S. The lowest BCUT2D eigenvalue weighted by molar-refractivity contribution is -0.135. The Morgan fingerprint density at radius 1 is 1.00 bits per heavy atom. The van der Waals surface area contributed by atoms with Crippen LogP contribution in [0.2, 0.25) is 0 Å². The summed E-state index contributed by atoms with van der Waals surface area (Å²) in [4.78, 5) is 11.5. The van der Waals surface area contributed by atoms with E-state index in [-0.39, 0.29) is 15.6 Å². The Labute approximate surface area is 208 Å². The monoisotopic (exact) mass is 495 g/mol. The van der Waals surface area contributed by atoms with Crippen molar-refractivity contribution in [1.29, 1.82) is 5.26 Å². The average Bonchev–Trinajstić information content (AvgIpc) is 2.75. The Morgan fingerprint density at radius 2 is 1.49 bits per heavy atom. The lowest BCUT2D eigenvalue weighted by Crippen LogP contribution is -2.18. The fraction of sp³-hybridized carbons (Fsp3) is 0.357. The third kappa shape index (κ3) is 6.20. The predicted molar refractivity (Wildman–Crippen MR) is 138 cm³/mol. The van der Waals surface area contributed by atoms with Gasteiger partial charge < -0.3 is 9.84 Å². The van der Waals surface area contributed by atoms with Crippen molar-refractivity contribution in [3.63, 3.8) is 0 Å². The summed E-state index contributed by atoms with van der Waals surface area (Å²) in [6, 6.07) is 11.2. The Morgan fingerprint density at radius 3 is 1.89 bits per heavy atom. The number of benzene rings is 2. The normalized spacial score (nSPS) is 13.3. The number of allylic oxidation sites excluding steroid dienone is 1. The molecule has 2 aromatic carbocycles. The van der Waals surface area contributed by atoms with Crippen LogP contribution in [0.3, 0.4) is 0 Å². The summed E-state index contributed by atoms with van der Waals surface area (Å²) in [5.41, 5.74) is 1.61. The fourth-order valence-electron chi connectivity index (χ4n) is 3.63. The summed E-state index contributed by atoms with van der Waals surface area (Å²) in [6.07, 6.45) is 2.62. The number of carbonyl (C=O) groups is 1. The number of phenols is 1. The molecule has 0 saturated heterocycles. The van der Waals surface area contributed by atoms with Gasteiger partial charge in [-0.25, -0.2) is 13.2 Å². The van der Waals surface area contributed by atoms with Gasteiger partial charge in [0.05, 0.1) is 23.0 Å². The van der Waals surface area contributed by atoms with Crippen LogP contribution < -0.4 is 0 Å². The van der Waals surface area contributed by atoms with E-state index in [1.165, 1.54) is 19.2 Å². The molecule has 0 saturated carbocycles. The number of phenolic OH excluding ortho intramolecular Hbond substituents is 1. The molecule has 0 aromatic heterocycles. The summed E-state index contributed by atoms with van der Waals surface area (Å²) in [5, 5.41) is 20.5. The van der Waals surface area contributed by atoms with Crippen molar-refractivity contribution in [2.24, 2.45) is 0 Å². The Kier molecular flexibility index (Phi) is 8.03. The number of nitrogens with zero attached hydrogens (tertiary/aromatic N) is 1. The van der Waals surface area contributed by atoms with E-state index in [0.717, 1.165) is 6.08 Å². The van der Waals surface area contributed by atoms with Gasteiger partial charge in [-0.2, -0.15) is 5.26 Å². The van der Waals surface area contributed by atoms with Crippen molar-refractivity contribution in [3.05, 3.63) is 70.3 Å². The van der Waals surface area contributed by atoms with Crippen molar-refractivity contribution >= 4 is 26.8 Å². The predicted octanol–water partition coefficient (Wildman–Crippen LogP) is 5.90. The van der Waals surface area contributed by atoms with Gasteiger partial charge >= 0.3 is 5.97 Å². The molecule has 0 atom stereocenters. The van der Waals surface area contributed by atoms with Gasteiger partial charge in [-0.1, -0.05) is 53.7 Å². The first kappa shape index (κ1) is 27.9. The maximum absolute atomic E-state index is 13.6. The van der Waals surface area contributed by atoms with Crippen LogP contribution >= 0.6 is 0 Å². The van der Waals surface area contributed by atoms with Gasteiger partial charge in [0.25, 0.3) is 0 Å². The maximum Gasteiger partial charge on any atom is 0.333 e. The molecular weight excluding hydrogens is 462 g/mol. The molecule has 0 radical (unpaired) electrons. The molecule has 0 aliphatic heterocycles. The second kappa shape index (κ2) is 10.1. The van der Waals surface area contributed by atoms with E-state index in [2.05, 4.69) is 4.74 Å². The first-order valence-corrected chi connectivity index (χ1v) is 12.6. The number of carbonyl (C=O) groups excluding carboxylic acids is 1. The zero-order chi connectivity index (χ0) is 26.8. The number of sulfone groups is 1. The van der Waals surface area contributed by atoms with E-state index >= 15 is 0 Å². The van der Waals surface area contributed by atoms with Gasteiger partial charge in [-0.3, -0.25) is 0 Å². The van der Waals surface area contributed by atoms with Crippen molar-refractivity contribution in [2.45, 2.75) is 64.2 Å². The molecule has 1 N–H and O–H groups in total. The number of esters is 1. The molecule has 0 spiro atoms. The number of methoxy groups -OCH3 is 1. The van der Waals surface area contributed by atoms with Crippen LogP contribution in [0.25, 0.3) is 11.0 Å². The Balaban J connectivity index is 2.71. The molecule has 0 unspecified atom stereocenters. The van der Waals surface area contributed by atoms with Crippen LogP contribution in [-0.2, 0) is 30.2 Å². The molecule has 6 nitrogen and oxygen atoms in total. The summed E-state index contributed by atoms with van der Waals surface area (Å²) >= 11 is 0. The van der Waals surface area contributed by atoms with Gasteiger partial charge in [-0.15, -0.1) is 0 Å². The van der Waals surface area contributed by atoms with E-state index in [0.29, 0.717) is 27.8 Å².